The quantitative estimate of drug-likeness (QED) is 0.834. The number of likely N-dealkylation sites (N-methyl/N-ethyl adjacent to an activating group) is 1. The Morgan fingerprint density at radius 1 is 1.19 bits per heavy atom. The molecule has 116 valence electrons. The van der Waals surface area contributed by atoms with E-state index in [-0.39, 0.29) is 5.91 Å². The lowest BCUT2D eigenvalue weighted by Gasteiger charge is -2.18. The van der Waals surface area contributed by atoms with Gasteiger partial charge < -0.3 is 10.2 Å². The molecule has 1 heterocycles. The van der Waals surface area contributed by atoms with E-state index in [1.165, 1.54) is 17.1 Å². The fourth-order valence-corrected chi connectivity index (χ4v) is 5.17. The van der Waals surface area contributed by atoms with Gasteiger partial charge in [-0.05, 0) is 30.8 Å². The summed E-state index contributed by atoms with van der Waals surface area (Å²) >= 11 is 3.98. The van der Waals surface area contributed by atoms with E-state index >= 15 is 0 Å². The van der Waals surface area contributed by atoms with E-state index in [4.69, 9.17) is 0 Å². The molecular formula is C16H24N2OS2. The van der Waals surface area contributed by atoms with Crippen LogP contribution in [0.3, 0.4) is 0 Å². The van der Waals surface area contributed by atoms with Crippen molar-refractivity contribution in [1.82, 2.24) is 10.2 Å². The SMILES string of the molecule is CCN(CC)CCNC(=O)c1ccc(C2SCCS2)cc1. The standard InChI is InChI=1S/C16H24N2OS2/c1-3-18(4-2)10-9-17-15(19)13-5-7-14(8-6-13)16-20-11-12-21-16/h5-8,16H,3-4,9-12H2,1-2H3,(H,17,19). The van der Waals surface area contributed by atoms with Gasteiger partial charge in [-0.2, -0.15) is 0 Å². The van der Waals surface area contributed by atoms with E-state index in [9.17, 15) is 4.79 Å². The summed E-state index contributed by atoms with van der Waals surface area (Å²) in [5.41, 5.74) is 2.08. The lowest BCUT2D eigenvalue weighted by Crippen LogP contribution is -2.34. The monoisotopic (exact) mass is 324 g/mol. The number of rotatable bonds is 7. The molecule has 0 atom stereocenters. The summed E-state index contributed by atoms with van der Waals surface area (Å²) < 4.78 is 0.546. The molecule has 0 bridgehead atoms. The lowest BCUT2D eigenvalue weighted by molar-refractivity contribution is 0.0949. The first kappa shape index (κ1) is 16.7. The summed E-state index contributed by atoms with van der Waals surface area (Å²) in [6, 6.07) is 8.08. The summed E-state index contributed by atoms with van der Waals surface area (Å²) in [7, 11) is 0. The number of nitrogens with one attached hydrogen (secondary N) is 1. The van der Waals surface area contributed by atoms with Crippen LogP contribution < -0.4 is 5.32 Å². The molecule has 2 rings (SSSR count). The Morgan fingerprint density at radius 2 is 1.81 bits per heavy atom. The summed E-state index contributed by atoms with van der Waals surface area (Å²) in [6.45, 7) is 7.95. The maximum Gasteiger partial charge on any atom is 0.251 e. The Bertz CT molecular complexity index is 440. The Balaban J connectivity index is 1.82. The van der Waals surface area contributed by atoms with Crippen LogP contribution in [0.5, 0.6) is 0 Å². The Morgan fingerprint density at radius 3 is 2.38 bits per heavy atom. The maximum absolute atomic E-state index is 12.1. The first-order chi connectivity index (χ1) is 10.2. The summed E-state index contributed by atoms with van der Waals surface area (Å²) in [5, 5.41) is 3.00. The number of thioether (sulfide) groups is 2. The fourth-order valence-electron chi connectivity index (χ4n) is 2.31. The molecule has 0 unspecified atom stereocenters. The molecule has 0 radical (unpaired) electrons. The average Bonchev–Trinajstić information content (AvgIpc) is 3.06. The van der Waals surface area contributed by atoms with Crippen molar-refractivity contribution in [1.29, 1.82) is 0 Å². The Kier molecular flexibility index (Phi) is 6.93. The minimum absolute atomic E-state index is 0.0282. The summed E-state index contributed by atoms with van der Waals surface area (Å²) in [5.74, 6) is 2.48. The molecule has 1 aliphatic rings. The second-order valence-corrected chi connectivity index (χ2v) is 7.70. The van der Waals surface area contributed by atoms with Crippen LogP contribution in [-0.4, -0.2) is 48.5 Å². The predicted octanol–water partition coefficient (Wildman–Crippen LogP) is 3.24. The molecule has 0 spiro atoms. The van der Waals surface area contributed by atoms with Gasteiger partial charge in [-0.3, -0.25) is 4.79 Å². The molecule has 1 aromatic carbocycles. The molecule has 5 heteroatoms. The van der Waals surface area contributed by atoms with Crippen LogP contribution in [0.15, 0.2) is 24.3 Å². The number of hydrogen-bond acceptors (Lipinski definition) is 4. The van der Waals surface area contributed by atoms with Gasteiger partial charge in [-0.15, -0.1) is 23.5 Å². The first-order valence-corrected chi connectivity index (χ1v) is 9.68. The van der Waals surface area contributed by atoms with Crippen LogP contribution in [0.1, 0.15) is 34.4 Å². The van der Waals surface area contributed by atoms with E-state index in [1.54, 1.807) is 0 Å². The fraction of sp³-hybridized carbons (Fsp3) is 0.562. The second-order valence-electron chi connectivity index (χ2n) is 4.98. The second kappa shape index (κ2) is 8.71. The van der Waals surface area contributed by atoms with Crippen molar-refractivity contribution in [2.24, 2.45) is 0 Å². The molecule has 0 aliphatic carbocycles. The zero-order chi connectivity index (χ0) is 15.1. The van der Waals surface area contributed by atoms with Crippen LogP contribution in [-0.2, 0) is 0 Å². The molecule has 1 aromatic rings. The van der Waals surface area contributed by atoms with Gasteiger partial charge in [0.1, 0.15) is 0 Å². The van der Waals surface area contributed by atoms with E-state index in [0.29, 0.717) is 11.1 Å². The Hall–Kier alpha value is -0.650. The van der Waals surface area contributed by atoms with Crippen molar-refractivity contribution >= 4 is 29.4 Å². The number of benzene rings is 1. The van der Waals surface area contributed by atoms with Crippen LogP contribution in [0.4, 0.5) is 0 Å². The number of amides is 1. The summed E-state index contributed by atoms with van der Waals surface area (Å²) in [4.78, 5) is 14.4. The molecule has 0 saturated carbocycles. The van der Waals surface area contributed by atoms with E-state index < -0.39 is 0 Å². The summed E-state index contributed by atoms with van der Waals surface area (Å²) in [6.07, 6.45) is 0. The maximum atomic E-state index is 12.1. The van der Waals surface area contributed by atoms with Crippen LogP contribution in [0, 0.1) is 0 Å². The van der Waals surface area contributed by atoms with Crippen molar-refractivity contribution in [2.75, 3.05) is 37.7 Å². The molecule has 1 aliphatic heterocycles. The first-order valence-electron chi connectivity index (χ1n) is 7.58. The third-order valence-corrected chi connectivity index (χ3v) is 6.78. The van der Waals surface area contributed by atoms with E-state index in [1.807, 2.05) is 35.7 Å². The third-order valence-electron chi connectivity index (χ3n) is 3.67. The highest BCUT2D eigenvalue weighted by molar-refractivity contribution is 8.19. The van der Waals surface area contributed by atoms with Gasteiger partial charge in [0.2, 0.25) is 0 Å². The van der Waals surface area contributed by atoms with Gasteiger partial charge in [0, 0.05) is 30.2 Å². The molecule has 21 heavy (non-hydrogen) atoms. The number of nitrogens with zero attached hydrogens (tertiary/aromatic N) is 1. The minimum Gasteiger partial charge on any atom is -0.351 e. The van der Waals surface area contributed by atoms with E-state index in [0.717, 1.165) is 25.2 Å². The van der Waals surface area contributed by atoms with Gasteiger partial charge >= 0.3 is 0 Å². The van der Waals surface area contributed by atoms with E-state index in [2.05, 4.69) is 36.2 Å². The smallest absolute Gasteiger partial charge is 0.251 e. The normalized spacial score (nSPS) is 15.6. The zero-order valence-corrected chi connectivity index (χ0v) is 14.4. The van der Waals surface area contributed by atoms with Crippen molar-refractivity contribution in [3.05, 3.63) is 35.4 Å². The molecule has 1 fully saturated rings. The molecule has 0 aromatic heterocycles. The van der Waals surface area contributed by atoms with Crippen molar-refractivity contribution in [3.63, 3.8) is 0 Å². The van der Waals surface area contributed by atoms with Gasteiger partial charge in [0.25, 0.3) is 5.91 Å². The number of carbonyl (C=O) groups excluding carboxylic acids is 1. The minimum atomic E-state index is 0.0282. The highest BCUT2D eigenvalue weighted by Gasteiger charge is 2.18. The average molecular weight is 325 g/mol. The van der Waals surface area contributed by atoms with Crippen molar-refractivity contribution < 1.29 is 4.79 Å². The highest BCUT2D eigenvalue weighted by atomic mass is 32.2. The number of hydrogen-bond donors (Lipinski definition) is 1. The molecular weight excluding hydrogens is 300 g/mol. The molecule has 1 N–H and O–H groups in total. The molecule has 1 saturated heterocycles. The largest absolute Gasteiger partial charge is 0.351 e. The van der Waals surface area contributed by atoms with Gasteiger partial charge in [0.15, 0.2) is 0 Å². The molecule has 3 nitrogen and oxygen atoms in total. The highest BCUT2D eigenvalue weighted by Crippen LogP contribution is 2.45. The predicted molar refractivity (Wildman–Crippen MR) is 94.2 cm³/mol. The van der Waals surface area contributed by atoms with Crippen LogP contribution in [0.25, 0.3) is 0 Å². The Labute approximate surface area is 136 Å². The molecule has 1 amide bonds. The third kappa shape index (κ3) is 4.94. The zero-order valence-electron chi connectivity index (χ0n) is 12.8. The van der Waals surface area contributed by atoms with Gasteiger partial charge in [-0.25, -0.2) is 0 Å². The van der Waals surface area contributed by atoms with Gasteiger partial charge in [0.05, 0.1) is 4.58 Å². The van der Waals surface area contributed by atoms with Crippen LogP contribution >= 0.6 is 23.5 Å². The van der Waals surface area contributed by atoms with Crippen LogP contribution in [0.2, 0.25) is 0 Å². The van der Waals surface area contributed by atoms with Gasteiger partial charge in [-0.1, -0.05) is 26.0 Å². The van der Waals surface area contributed by atoms with Crippen molar-refractivity contribution in [2.45, 2.75) is 18.4 Å². The number of carbonyl (C=O) groups is 1. The lowest BCUT2D eigenvalue weighted by atomic mass is 10.1. The topological polar surface area (TPSA) is 32.3 Å². The van der Waals surface area contributed by atoms with Crippen molar-refractivity contribution in [3.8, 4) is 0 Å².